The minimum atomic E-state index is -4.52. The summed E-state index contributed by atoms with van der Waals surface area (Å²) in [6.45, 7) is 7.06. The molecule has 16 nitrogen and oxygen atoms in total. The first-order chi connectivity index (χ1) is 24.7. The van der Waals surface area contributed by atoms with E-state index in [0.29, 0.717) is 24.3 Å². The second-order valence-electron chi connectivity index (χ2n) is 13.3. The van der Waals surface area contributed by atoms with Crippen LogP contribution in [0.4, 0.5) is 4.79 Å². The van der Waals surface area contributed by atoms with Crippen LogP contribution in [0.2, 0.25) is 0 Å². The number of carbonyl (C=O) groups is 2. The molecule has 4 aliphatic heterocycles. The van der Waals surface area contributed by atoms with Crippen LogP contribution in [0.25, 0.3) is 0 Å². The summed E-state index contributed by atoms with van der Waals surface area (Å²) in [7, 11) is -7.53. The number of hydrogen-bond acceptors (Lipinski definition) is 14. The number of aliphatic hydroxyl groups excluding tert-OH is 1. The second-order valence-corrected chi connectivity index (χ2v) is 17.4. The van der Waals surface area contributed by atoms with Gasteiger partial charge < -0.3 is 9.47 Å². The van der Waals surface area contributed by atoms with Gasteiger partial charge in [-0.2, -0.15) is 0 Å². The predicted octanol–water partition coefficient (Wildman–Crippen LogP) is 2.99. The summed E-state index contributed by atoms with van der Waals surface area (Å²) in [5, 5.41) is 14.4. The number of sulfonamides is 1. The Labute approximate surface area is 304 Å². The summed E-state index contributed by atoms with van der Waals surface area (Å²) in [6, 6.07) is 9.49. The van der Waals surface area contributed by atoms with E-state index in [2.05, 4.69) is 5.32 Å². The van der Waals surface area contributed by atoms with Crippen LogP contribution in [0.5, 0.6) is 17.2 Å². The number of methoxy groups -OCH3 is 1. The molecule has 2 aromatic carbocycles. The third-order valence-electron chi connectivity index (χ3n) is 8.79. The first kappa shape index (κ1) is 39.9. The van der Waals surface area contributed by atoms with E-state index >= 15 is 0 Å². The van der Waals surface area contributed by atoms with Crippen LogP contribution in [0.1, 0.15) is 39.7 Å². The summed E-state index contributed by atoms with van der Waals surface area (Å²) in [6.07, 6.45) is -4.17. The Hall–Kier alpha value is -3.28. The number of rotatable bonds is 9. The molecule has 52 heavy (non-hydrogen) atoms. The van der Waals surface area contributed by atoms with Crippen LogP contribution in [0.15, 0.2) is 47.4 Å². The van der Waals surface area contributed by atoms with Crippen molar-refractivity contribution in [3.8, 4) is 17.2 Å². The Bertz CT molecular complexity index is 1650. The fourth-order valence-electron chi connectivity index (χ4n) is 6.21. The minimum absolute atomic E-state index is 0.0165. The first-order valence-corrected chi connectivity index (χ1v) is 20.7. The standard InChI is InChI=1S/C34H49N2O14PS/c1-6-44-32(38)22(4)49-51(40)20-47-24-9-7-23(8-10-24)15-27(35-34(39)48-31-19-46-33-26(31)13-14-45-33)28(37)18-36(17-21(2)3)52(41,42)25-11-12-29(43-5)30(16-25)50-51/h7-12,16,21-22,26-28,31,33,37,40,51H,6,13-15,17-20H2,1-5H3,(H,35,39)/t22?,26-,27-,28+,31-,33+/m0/s1. The quantitative estimate of drug-likeness (QED) is 0.248. The SMILES string of the molecule is CCOC(=O)C(C)O[PH]1(O)COc2ccc(cc2)C[C@H](NC(=O)O[C@H]2CO[C@H]3OCC[C@H]32)[C@H](O)CN(CC(C)C)S(=O)(=O)c2ccc(OC)c(c2)O1. The molecule has 1 amide bonds. The summed E-state index contributed by atoms with van der Waals surface area (Å²) in [4.78, 5) is 37.3. The van der Waals surface area contributed by atoms with Crippen molar-refractivity contribution in [3.05, 3.63) is 48.0 Å². The number of alkyl carbamates (subject to hydrolysis) is 1. The van der Waals surface area contributed by atoms with Gasteiger partial charge in [-0.05, 0) is 6.42 Å². The van der Waals surface area contributed by atoms with Crippen molar-refractivity contribution in [2.75, 3.05) is 46.4 Å². The Morgan fingerprint density at radius 1 is 1.12 bits per heavy atom. The zero-order chi connectivity index (χ0) is 37.6. The van der Waals surface area contributed by atoms with Crippen LogP contribution in [0.3, 0.4) is 0 Å². The number of aliphatic hydroxyl groups is 1. The molecular formula is C34H49N2O14PS. The number of ether oxygens (including phenoxy) is 6. The number of nitrogens with one attached hydrogen (secondary N) is 1. The number of nitrogens with zero attached hydrogens (tertiary/aromatic N) is 1. The van der Waals surface area contributed by atoms with Crippen molar-refractivity contribution in [3.63, 3.8) is 0 Å². The van der Waals surface area contributed by atoms with Gasteiger partial charge in [0.2, 0.25) is 0 Å². The molecule has 4 heterocycles. The van der Waals surface area contributed by atoms with E-state index in [1.807, 2.05) is 13.8 Å². The van der Waals surface area contributed by atoms with Gasteiger partial charge in [0, 0.05) is 0 Å². The number of hydrogen-bond donors (Lipinski definition) is 3. The molecule has 1 unspecified atom stereocenters. The molecule has 4 aliphatic rings. The summed E-state index contributed by atoms with van der Waals surface area (Å²) >= 11 is 0. The number of carbonyl (C=O) groups excluding carboxylic acids is 2. The van der Waals surface area contributed by atoms with Crippen molar-refractivity contribution in [2.24, 2.45) is 11.8 Å². The number of esters is 1. The number of benzene rings is 2. The molecular weight excluding hydrogens is 723 g/mol. The van der Waals surface area contributed by atoms with Gasteiger partial charge >= 0.3 is 263 Å². The molecule has 0 aliphatic carbocycles. The van der Waals surface area contributed by atoms with Gasteiger partial charge in [-0.25, -0.2) is 0 Å². The van der Waals surface area contributed by atoms with Gasteiger partial charge in [-0.1, -0.05) is 0 Å². The maximum atomic E-state index is 14.3. The van der Waals surface area contributed by atoms with Gasteiger partial charge in [0.25, 0.3) is 0 Å². The van der Waals surface area contributed by atoms with Crippen molar-refractivity contribution in [2.45, 2.75) is 76.1 Å². The second kappa shape index (κ2) is 17.2. The van der Waals surface area contributed by atoms with Crippen LogP contribution in [-0.4, -0.2) is 112 Å². The van der Waals surface area contributed by atoms with Crippen LogP contribution >= 0.6 is 7.94 Å². The molecule has 290 valence electrons. The van der Waals surface area contributed by atoms with Crippen molar-refractivity contribution in [1.29, 1.82) is 0 Å². The number of fused-ring (bicyclic) bond motifs is 11. The molecule has 2 saturated heterocycles. The fraction of sp³-hybridized carbons (Fsp3) is 0.588. The van der Waals surface area contributed by atoms with Gasteiger partial charge in [-0.15, -0.1) is 0 Å². The van der Waals surface area contributed by atoms with E-state index < -0.39 is 73.6 Å². The van der Waals surface area contributed by atoms with Crippen LogP contribution < -0.4 is 19.3 Å². The van der Waals surface area contributed by atoms with Crippen LogP contribution in [0, 0.1) is 11.8 Å². The average molecular weight is 773 g/mol. The Morgan fingerprint density at radius 3 is 2.56 bits per heavy atom. The maximum absolute atomic E-state index is 14.3. The molecule has 0 radical (unpaired) electrons. The first-order valence-electron chi connectivity index (χ1n) is 17.3. The van der Waals surface area contributed by atoms with E-state index in [1.54, 1.807) is 31.2 Å². The third-order valence-corrected chi connectivity index (χ3v) is 12.4. The molecule has 3 N–H and O–H groups in total. The van der Waals surface area contributed by atoms with E-state index in [1.165, 1.54) is 32.2 Å². The predicted molar refractivity (Wildman–Crippen MR) is 188 cm³/mol. The van der Waals surface area contributed by atoms with E-state index in [4.69, 9.17) is 37.5 Å². The van der Waals surface area contributed by atoms with Gasteiger partial charge in [-0.3, -0.25) is 0 Å². The Morgan fingerprint density at radius 2 is 1.87 bits per heavy atom. The van der Waals surface area contributed by atoms with E-state index in [9.17, 15) is 28.0 Å². The number of amides is 1. The molecule has 18 heteroatoms. The molecule has 6 rings (SSSR count). The van der Waals surface area contributed by atoms with Crippen molar-refractivity contribution in [1.82, 2.24) is 9.62 Å². The molecule has 2 aromatic rings. The average Bonchev–Trinajstić information content (AvgIpc) is 3.72. The third kappa shape index (κ3) is 9.82. The van der Waals surface area contributed by atoms with E-state index in [0.717, 1.165) is 4.31 Å². The van der Waals surface area contributed by atoms with Crippen molar-refractivity contribution >= 4 is 30.0 Å². The summed E-state index contributed by atoms with van der Waals surface area (Å²) in [5.41, 5.74) is 0.667. The van der Waals surface area contributed by atoms with Crippen molar-refractivity contribution < 1.29 is 65.5 Å². The summed E-state index contributed by atoms with van der Waals surface area (Å²) < 4.78 is 74.7. The Kier molecular flexibility index (Phi) is 13.2. The summed E-state index contributed by atoms with van der Waals surface area (Å²) in [5.74, 6) is -0.818. The molecule has 4 bridgehead atoms. The fourth-order valence-corrected chi connectivity index (χ4v) is 9.52. The van der Waals surface area contributed by atoms with Gasteiger partial charge in [0.05, 0.1) is 19.1 Å². The molecule has 2 fully saturated rings. The monoisotopic (exact) mass is 772 g/mol. The molecule has 0 saturated carbocycles. The van der Waals surface area contributed by atoms with Gasteiger partial charge in [0.1, 0.15) is 0 Å². The van der Waals surface area contributed by atoms with Crippen LogP contribution in [-0.2, 0) is 44.7 Å². The zero-order valence-electron chi connectivity index (χ0n) is 29.9. The molecule has 6 atom stereocenters. The molecule has 0 spiro atoms. The van der Waals surface area contributed by atoms with E-state index in [-0.39, 0.29) is 54.4 Å². The molecule has 0 aromatic heterocycles. The van der Waals surface area contributed by atoms with Gasteiger partial charge in [0.15, 0.2) is 6.29 Å². The zero-order valence-corrected chi connectivity index (χ0v) is 31.7. The Balaban J connectivity index is 1.50. The topological polar surface area (TPSA) is 198 Å². The normalized spacial score (nSPS) is 27.0.